The van der Waals surface area contributed by atoms with Gasteiger partial charge < -0.3 is 4.74 Å². The van der Waals surface area contributed by atoms with Crippen molar-refractivity contribution < 1.29 is 22.7 Å². The number of pyridine rings is 1. The zero-order valence-electron chi connectivity index (χ0n) is 6.51. The summed E-state index contributed by atoms with van der Waals surface area (Å²) in [7, 11) is 0. The predicted molar refractivity (Wildman–Crippen MR) is 44.0 cm³/mol. The Hall–Kier alpha value is -1.11. The number of hydrogen-bond donors (Lipinski definition) is 0. The van der Waals surface area contributed by atoms with Gasteiger partial charge in [0, 0.05) is 10.7 Å². The molecule has 0 N–H and O–H groups in total. The highest BCUT2D eigenvalue weighted by Crippen LogP contribution is 2.24. The Bertz CT molecular complexity index is 353. The lowest BCUT2D eigenvalue weighted by atomic mass is 10.3. The number of halogens is 4. The van der Waals surface area contributed by atoms with E-state index in [1.165, 1.54) is 6.07 Å². The van der Waals surface area contributed by atoms with Crippen molar-refractivity contribution >= 4 is 22.2 Å². The zero-order chi connectivity index (χ0) is 10.8. The maximum absolute atomic E-state index is 11.8. The van der Waals surface area contributed by atoms with E-state index in [0.717, 1.165) is 6.20 Å². The van der Waals surface area contributed by atoms with Crippen LogP contribution in [0.2, 0.25) is 0 Å². The van der Waals surface area contributed by atoms with Crippen LogP contribution in [0, 0.1) is 0 Å². The van der Waals surface area contributed by atoms with Gasteiger partial charge in [-0.25, -0.2) is 4.98 Å². The third-order valence-electron chi connectivity index (χ3n) is 1.18. The molecule has 0 aliphatic heterocycles. The molecule has 14 heavy (non-hydrogen) atoms. The van der Waals surface area contributed by atoms with Crippen molar-refractivity contribution in [3.05, 3.63) is 22.3 Å². The number of carbonyl (C=O) groups is 1. The van der Waals surface area contributed by atoms with Gasteiger partial charge in [-0.15, -0.1) is 13.2 Å². The Morgan fingerprint density at radius 1 is 1.50 bits per heavy atom. The third-order valence-corrected chi connectivity index (χ3v) is 1.62. The number of rotatable bonds is 2. The number of carbonyl (C=O) groups excluding carboxylic acids is 1. The van der Waals surface area contributed by atoms with Crippen molar-refractivity contribution in [1.82, 2.24) is 4.98 Å². The molecule has 0 amide bonds. The van der Waals surface area contributed by atoms with E-state index in [-0.39, 0.29) is 11.8 Å². The molecule has 0 unspecified atom stereocenters. The van der Waals surface area contributed by atoms with Gasteiger partial charge >= 0.3 is 6.36 Å². The van der Waals surface area contributed by atoms with Crippen LogP contribution < -0.4 is 4.74 Å². The number of ether oxygens (including phenoxy) is 1. The largest absolute Gasteiger partial charge is 0.574 e. The van der Waals surface area contributed by atoms with Gasteiger partial charge in [-0.3, -0.25) is 4.79 Å². The molecule has 0 bridgehead atoms. The highest BCUT2D eigenvalue weighted by Gasteiger charge is 2.32. The first-order chi connectivity index (χ1) is 6.42. The van der Waals surface area contributed by atoms with Crippen LogP contribution in [0.25, 0.3) is 0 Å². The van der Waals surface area contributed by atoms with Crippen LogP contribution in [0.1, 0.15) is 10.4 Å². The molecule has 0 atom stereocenters. The summed E-state index contributed by atoms with van der Waals surface area (Å²) in [6.45, 7) is 0. The van der Waals surface area contributed by atoms with Crippen LogP contribution in [-0.4, -0.2) is 17.6 Å². The Labute approximate surface area is 85.0 Å². The normalized spacial score (nSPS) is 11.1. The molecule has 0 spiro atoms. The third kappa shape index (κ3) is 2.99. The molecule has 0 saturated heterocycles. The first-order valence-electron chi connectivity index (χ1n) is 3.29. The van der Waals surface area contributed by atoms with Gasteiger partial charge in [0.2, 0.25) is 5.88 Å². The maximum Gasteiger partial charge on any atom is 0.574 e. The fraction of sp³-hybridized carbons (Fsp3) is 0.143. The van der Waals surface area contributed by atoms with Gasteiger partial charge in [0.15, 0.2) is 6.29 Å². The van der Waals surface area contributed by atoms with Gasteiger partial charge in [-0.1, -0.05) is 0 Å². The first kappa shape index (κ1) is 11.0. The van der Waals surface area contributed by atoms with Gasteiger partial charge in [-0.2, -0.15) is 0 Å². The fourth-order valence-electron chi connectivity index (χ4n) is 0.722. The average molecular weight is 270 g/mol. The van der Waals surface area contributed by atoms with Crippen LogP contribution >= 0.6 is 15.9 Å². The van der Waals surface area contributed by atoms with Gasteiger partial charge in [0.1, 0.15) is 0 Å². The monoisotopic (exact) mass is 269 g/mol. The van der Waals surface area contributed by atoms with Crippen LogP contribution in [0.5, 0.6) is 5.88 Å². The highest BCUT2D eigenvalue weighted by atomic mass is 79.9. The molecular formula is C7H3BrF3NO2. The molecule has 0 saturated carbocycles. The molecule has 1 aromatic heterocycles. The minimum Gasteiger partial charge on any atom is -0.387 e. The molecule has 7 heteroatoms. The summed E-state index contributed by atoms with van der Waals surface area (Å²) in [6, 6.07) is 1.18. The van der Waals surface area contributed by atoms with Crippen molar-refractivity contribution in [1.29, 1.82) is 0 Å². The van der Waals surface area contributed by atoms with Gasteiger partial charge in [0.25, 0.3) is 0 Å². The fourth-order valence-corrected chi connectivity index (χ4v) is 1.07. The zero-order valence-corrected chi connectivity index (χ0v) is 8.09. The van der Waals surface area contributed by atoms with Crippen LogP contribution in [-0.2, 0) is 0 Å². The molecule has 0 fully saturated rings. The quantitative estimate of drug-likeness (QED) is 0.775. The Morgan fingerprint density at radius 3 is 2.64 bits per heavy atom. The van der Waals surface area contributed by atoms with Crippen molar-refractivity contribution in [2.45, 2.75) is 6.36 Å². The number of alkyl halides is 3. The van der Waals surface area contributed by atoms with Crippen LogP contribution in [0.4, 0.5) is 13.2 Å². The molecule has 1 heterocycles. The molecule has 0 aliphatic rings. The standard InChI is InChI=1S/C7H3BrF3NO2/c8-5-1-4(3-13)6(12-2-5)14-7(9,10)11/h1-3H. The summed E-state index contributed by atoms with van der Waals surface area (Å²) < 4.78 is 39.2. The highest BCUT2D eigenvalue weighted by molar-refractivity contribution is 9.10. The second-order valence-corrected chi connectivity index (χ2v) is 3.13. The van der Waals surface area contributed by atoms with E-state index in [1.807, 2.05) is 0 Å². The summed E-state index contributed by atoms with van der Waals surface area (Å²) in [5.41, 5.74) is -0.267. The van der Waals surface area contributed by atoms with E-state index in [1.54, 1.807) is 0 Å². The topological polar surface area (TPSA) is 39.2 Å². The summed E-state index contributed by atoms with van der Waals surface area (Å²) >= 11 is 2.96. The van der Waals surface area contributed by atoms with E-state index in [4.69, 9.17) is 0 Å². The van der Waals surface area contributed by atoms with Crippen molar-refractivity contribution in [3.63, 3.8) is 0 Å². The van der Waals surface area contributed by atoms with E-state index in [2.05, 4.69) is 25.7 Å². The Balaban J connectivity index is 3.03. The van der Waals surface area contributed by atoms with Gasteiger partial charge in [-0.05, 0) is 22.0 Å². The molecule has 0 aromatic carbocycles. The molecule has 1 rings (SSSR count). The second kappa shape index (κ2) is 3.95. The second-order valence-electron chi connectivity index (χ2n) is 2.21. The number of nitrogens with zero attached hydrogens (tertiary/aromatic N) is 1. The minimum atomic E-state index is -4.85. The van der Waals surface area contributed by atoms with Gasteiger partial charge in [0.05, 0.1) is 5.56 Å². The van der Waals surface area contributed by atoms with Crippen LogP contribution in [0.15, 0.2) is 16.7 Å². The van der Waals surface area contributed by atoms with Crippen molar-refractivity contribution in [2.24, 2.45) is 0 Å². The number of hydrogen-bond acceptors (Lipinski definition) is 3. The minimum absolute atomic E-state index is 0.235. The summed E-state index contributed by atoms with van der Waals surface area (Å²) in [5, 5.41) is 0. The molecule has 3 nitrogen and oxygen atoms in total. The molecular weight excluding hydrogens is 267 g/mol. The van der Waals surface area contributed by atoms with E-state index < -0.39 is 12.2 Å². The number of aldehydes is 1. The van der Waals surface area contributed by atoms with Crippen molar-refractivity contribution in [3.8, 4) is 5.88 Å². The average Bonchev–Trinajstić information content (AvgIpc) is 2.06. The summed E-state index contributed by atoms with van der Waals surface area (Å²) in [4.78, 5) is 13.7. The lowest BCUT2D eigenvalue weighted by molar-refractivity contribution is -0.276. The lowest BCUT2D eigenvalue weighted by Gasteiger charge is -2.08. The summed E-state index contributed by atoms with van der Waals surface area (Å²) in [5.74, 6) is -0.754. The smallest absolute Gasteiger partial charge is 0.387 e. The number of aromatic nitrogens is 1. The van der Waals surface area contributed by atoms with E-state index in [9.17, 15) is 18.0 Å². The Morgan fingerprint density at radius 2 is 2.14 bits per heavy atom. The Kier molecular flexibility index (Phi) is 3.10. The van der Waals surface area contributed by atoms with E-state index >= 15 is 0 Å². The molecule has 76 valence electrons. The molecule has 1 aromatic rings. The lowest BCUT2D eigenvalue weighted by Crippen LogP contribution is -2.18. The maximum atomic E-state index is 11.8. The predicted octanol–water partition coefficient (Wildman–Crippen LogP) is 2.56. The van der Waals surface area contributed by atoms with E-state index in [0.29, 0.717) is 4.47 Å². The molecule has 0 radical (unpaired) electrons. The van der Waals surface area contributed by atoms with Crippen LogP contribution in [0.3, 0.4) is 0 Å². The first-order valence-corrected chi connectivity index (χ1v) is 4.08. The SMILES string of the molecule is O=Cc1cc(Br)cnc1OC(F)(F)F. The van der Waals surface area contributed by atoms with Crippen molar-refractivity contribution in [2.75, 3.05) is 0 Å². The molecule has 0 aliphatic carbocycles. The summed E-state index contributed by atoms with van der Waals surface area (Å²) in [6.07, 6.45) is -3.51.